The van der Waals surface area contributed by atoms with Gasteiger partial charge in [0.05, 0.1) is 0 Å². The number of hydrogen-bond acceptors (Lipinski definition) is 2. The highest BCUT2D eigenvalue weighted by atomic mass is 16.1. The van der Waals surface area contributed by atoms with E-state index < -0.39 is 0 Å². The van der Waals surface area contributed by atoms with E-state index in [1.165, 1.54) is 6.92 Å². The number of nitrogens with two attached hydrogens (primary N) is 1. The van der Waals surface area contributed by atoms with Crippen molar-refractivity contribution in [3.63, 3.8) is 0 Å². The molecule has 0 saturated carbocycles. The second-order valence-corrected chi connectivity index (χ2v) is 2.94. The zero-order chi connectivity index (χ0) is 10.4. The van der Waals surface area contributed by atoms with Gasteiger partial charge in [0.25, 0.3) is 0 Å². The van der Waals surface area contributed by atoms with Crippen molar-refractivity contribution in [2.24, 2.45) is 5.73 Å². The summed E-state index contributed by atoms with van der Waals surface area (Å²) >= 11 is 0. The smallest absolute Gasteiger partial charge is 0.221 e. The van der Waals surface area contributed by atoms with Crippen LogP contribution in [0.25, 0.3) is 6.08 Å². The predicted octanol–water partition coefficient (Wildman–Crippen LogP) is 1.62. The second-order valence-electron chi connectivity index (χ2n) is 2.94. The van der Waals surface area contributed by atoms with Crippen molar-refractivity contribution in [2.75, 3.05) is 11.9 Å². The summed E-state index contributed by atoms with van der Waals surface area (Å²) in [7, 11) is 0. The molecule has 0 saturated heterocycles. The Hall–Kier alpha value is -1.61. The van der Waals surface area contributed by atoms with Gasteiger partial charge in [-0.1, -0.05) is 24.3 Å². The van der Waals surface area contributed by atoms with Crippen LogP contribution in [-0.4, -0.2) is 12.5 Å². The highest BCUT2D eigenvalue weighted by Crippen LogP contribution is 2.11. The number of amides is 1. The molecule has 0 fully saturated rings. The summed E-state index contributed by atoms with van der Waals surface area (Å²) in [6.45, 7) is 2.01. The summed E-state index contributed by atoms with van der Waals surface area (Å²) in [4.78, 5) is 10.8. The maximum atomic E-state index is 10.8. The minimum atomic E-state index is -0.0649. The number of carbonyl (C=O) groups is 1. The van der Waals surface area contributed by atoms with Gasteiger partial charge in [0, 0.05) is 19.2 Å². The average Bonchev–Trinajstić information content (AvgIpc) is 2.14. The zero-order valence-corrected chi connectivity index (χ0v) is 8.16. The molecule has 0 aliphatic carbocycles. The van der Waals surface area contributed by atoms with Gasteiger partial charge in [-0.2, -0.15) is 0 Å². The molecule has 1 aromatic carbocycles. The lowest BCUT2D eigenvalue weighted by Gasteiger charge is -2.02. The van der Waals surface area contributed by atoms with Gasteiger partial charge in [-0.05, 0) is 17.7 Å². The lowest BCUT2D eigenvalue weighted by molar-refractivity contribution is -0.114. The fourth-order valence-corrected chi connectivity index (χ4v) is 1.13. The largest absolute Gasteiger partial charge is 0.327 e. The van der Waals surface area contributed by atoms with E-state index in [0.717, 1.165) is 11.3 Å². The van der Waals surface area contributed by atoms with Crippen LogP contribution in [0, 0.1) is 0 Å². The molecule has 0 unspecified atom stereocenters. The van der Waals surface area contributed by atoms with Crippen LogP contribution in [0.4, 0.5) is 5.69 Å². The first-order chi connectivity index (χ1) is 6.72. The van der Waals surface area contributed by atoms with E-state index in [1.54, 1.807) is 0 Å². The van der Waals surface area contributed by atoms with E-state index in [1.807, 2.05) is 36.4 Å². The molecule has 3 heteroatoms. The Labute approximate surface area is 83.6 Å². The van der Waals surface area contributed by atoms with Gasteiger partial charge < -0.3 is 11.1 Å². The summed E-state index contributed by atoms with van der Waals surface area (Å²) in [5, 5.41) is 2.72. The molecular formula is C11H14N2O. The monoisotopic (exact) mass is 190 g/mol. The Bertz CT molecular complexity index is 345. The van der Waals surface area contributed by atoms with E-state index in [9.17, 15) is 4.79 Å². The van der Waals surface area contributed by atoms with Crippen LogP contribution in [0.2, 0.25) is 0 Å². The molecule has 0 heterocycles. The molecule has 3 nitrogen and oxygen atoms in total. The molecule has 0 aromatic heterocycles. The topological polar surface area (TPSA) is 55.1 Å². The Balaban J connectivity index is 2.78. The van der Waals surface area contributed by atoms with E-state index >= 15 is 0 Å². The number of hydrogen-bond donors (Lipinski definition) is 2. The Morgan fingerprint density at radius 3 is 3.00 bits per heavy atom. The molecule has 14 heavy (non-hydrogen) atoms. The Kier molecular flexibility index (Phi) is 3.88. The van der Waals surface area contributed by atoms with Crippen LogP contribution < -0.4 is 11.1 Å². The van der Waals surface area contributed by atoms with Crippen molar-refractivity contribution in [3.05, 3.63) is 35.9 Å². The van der Waals surface area contributed by atoms with Gasteiger partial charge in [-0.25, -0.2) is 0 Å². The van der Waals surface area contributed by atoms with Crippen molar-refractivity contribution >= 4 is 17.7 Å². The fourth-order valence-electron chi connectivity index (χ4n) is 1.13. The SMILES string of the molecule is CC(=O)Nc1cccc(C=CCN)c1. The van der Waals surface area contributed by atoms with Crippen LogP contribution in [0.5, 0.6) is 0 Å². The molecule has 0 radical (unpaired) electrons. The molecular weight excluding hydrogens is 176 g/mol. The van der Waals surface area contributed by atoms with Crippen molar-refractivity contribution < 1.29 is 4.79 Å². The molecule has 0 aliphatic heterocycles. The quantitative estimate of drug-likeness (QED) is 0.761. The van der Waals surface area contributed by atoms with Gasteiger partial charge in [-0.3, -0.25) is 4.79 Å². The summed E-state index contributed by atoms with van der Waals surface area (Å²) in [5.74, 6) is -0.0649. The van der Waals surface area contributed by atoms with Gasteiger partial charge in [0.15, 0.2) is 0 Å². The molecule has 0 bridgehead atoms. The van der Waals surface area contributed by atoms with Crippen molar-refractivity contribution in [1.82, 2.24) is 0 Å². The molecule has 3 N–H and O–H groups in total. The van der Waals surface area contributed by atoms with E-state index in [2.05, 4.69) is 5.32 Å². The van der Waals surface area contributed by atoms with E-state index in [-0.39, 0.29) is 5.91 Å². The number of anilines is 1. The summed E-state index contributed by atoms with van der Waals surface area (Å²) in [5.41, 5.74) is 7.17. The first kappa shape index (κ1) is 10.5. The third-order valence-electron chi connectivity index (χ3n) is 1.65. The first-order valence-electron chi connectivity index (χ1n) is 4.46. The number of carbonyl (C=O) groups excluding carboxylic acids is 1. The Morgan fingerprint density at radius 1 is 1.57 bits per heavy atom. The minimum absolute atomic E-state index is 0.0649. The first-order valence-corrected chi connectivity index (χ1v) is 4.46. The van der Waals surface area contributed by atoms with Gasteiger partial charge in [0.2, 0.25) is 5.91 Å². The zero-order valence-electron chi connectivity index (χ0n) is 8.16. The highest BCUT2D eigenvalue weighted by molar-refractivity contribution is 5.88. The standard InChI is InChI=1S/C11H14N2O/c1-9(14)13-11-6-2-4-10(8-11)5-3-7-12/h2-6,8H,7,12H2,1H3,(H,13,14). The van der Waals surface area contributed by atoms with Crippen molar-refractivity contribution in [3.8, 4) is 0 Å². The summed E-state index contributed by atoms with van der Waals surface area (Å²) < 4.78 is 0. The molecule has 0 atom stereocenters. The Morgan fingerprint density at radius 2 is 2.36 bits per heavy atom. The minimum Gasteiger partial charge on any atom is -0.327 e. The van der Waals surface area contributed by atoms with Crippen molar-refractivity contribution in [2.45, 2.75) is 6.92 Å². The summed E-state index contributed by atoms with van der Waals surface area (Å²) in [6.07, 6.45) is 3.79. The number of rotatable bonds is 3. The third-order valence-corrected chi connectivity index (χ3v) is 1.65. The second kappa shape index (κ2) is 5.19. The van der Waals surface area contributed by atoms with Crippen LogP contribution in [-0.2, 0) is 4.79 Å². The molecule has 0 aliphatic rings. The normalized spacial score (nSPS) is 10.4. The van der Waals surface area contributed by atoms with Crippen LogP contribution in [0.15, 0.2) is 30.3 Å². The summed E-state index contributed by atoms with van der Waals surface area (Å²) in [6, 6.07) is 7.59. The molecule has 0 spiro atoms. The number of benzene rings is 1. The lowest BCUT2D eigenvalue weighted by atomic mass is 10.2. The fraction of sp³-hybridized carbons (Fsp3) is 0.182. The molecule has 1 rings (SSSR count). The van der Waals surface area contributed by atoms with Crippen LogP contribution >= 0.6 is 0 Å². The van der Waals surface area contributed by atoms with Crippen molar-refractivity contribution in [1.29, 1.82) is 0 Å². The van der Waals surface area contributed by atoms with Gasteiger partial charge in [-0.15, -0.1) is 0 Å². The molecule has 1 amide bonds. The van der Waals surface area contributed by atoms with Gasteiger partial charge in [0.1, 0.15) is 0 Å². The third kappa shape index (κ3) is 3.41. The van der Waals surface area contributed by atoms with E-state index in [4.69, 9.17) is 5.73 Å². The predicted molar refractivity (Wildman–Crippen MR) is 58.8 cm³/mol. The molecule has 1 aromatic rings. The average molecular weight is 190 g/mol. The van der Waals surface area contributed by atoms with Crippen LogP contribution in [0.3, 0.4) is 0 Å². The highest BCUT2D eigenvalue weighted by Gasteiger charge is 1.94. The lowest BCUT2D eigenvalue weighted by Crippen LogP contribution is -2.05. The van der Waals surface area contributed by atoms with Gasteiger partial charge >= 0.3 is 0 Å². The van der Waals surface area contributed by atoms with Crippen LogP contribution in [0.1, 0.15) is 12.5 Å². The number of nitrogens with one attached hydrogen (secondary N) is 1. The molecule has 74 valence electrons. The maximum Gasteiger partial charge on any atom is 0.221 e. The maximum absolute atomic E-state index is 10.8. The van der Waals surface area contributed by atoms with E-state index in [0.29, 0.717) is 6.54 Å².